The lowest BCUT2D eigenvalue weighted by molar-refractivity contribution is -0.132. The molecule has 0 spiro atoms. The summed E-state index contributed by atoms with van der Waals surface area (Å²) in [5.74, 6) is -0.00440. The Kier molecular flexibility index (Phi) is 7.70. The highest BCUT2D eigenvalue weighted by Crippen LogP contribution is 2.27. The average molecular weight is 346 g/mol. The standard InChI is InChI=1S/C19H30N4O2/c1-15(19(20)25)13-23(14-22-17-8-5-11-21-12-17)18(24)10-9-16-6-3-2-4-7-16/h5,8,11-12,15-16,22H,2-4,6-7,9-10,13-14H2,1H3,(H2,20,25)/t15-/m0/s1. The van der Waals surface area contributed by atoms with Crippen molar-refractivity contribution in [3.05, 3.63) is 24.5 Å². The number of nitrogens with zero attached hydrogens (tertiary/aromatic N) is 2. The second kappa shape index (κ2) is 10.0. The molecule has 6 nitrogen and oxygen atoms in total. The van der Waals surface area contributed by atoms with E-state index in [1.165, 1.54) is 32.1 Å². The van der Waals surface area contributed by atoms with Crippen molar-refractivity contribution in [1.82, 2.24) is 9.88 Å². The number of carbonyl (C=O) groups is 2. The van der Waals surface area contributed by atoms with E-state index >= 15 is 0 Å². The van der Waals surface area contributed by atoms with Gasteiger partial charge in [0.1, 0.15) is 0 Å². The van der Waals surface area contributed by atoms with Crippen molar-refractivity contribution in [2.75, 3.05) is 18.5 Å². The van der Waals surface area contributed by atoms with Crippen LogP contribution in [0.25, 0.3) is 0 Å². The zero-order chi connectivity index (χ0) is 18.1. The van der Waals surface area contributed by atoms with Crippen LogP contribution in [0.3, 0.4) is 0 Å². The van der Waals surface area contributed by atoms with Crippen molar-refractivity contribution in [3.8, 4) is 0 Å². The van der Waals surface area contributed by atoms with E-state index in [1.54, 1.807) is 24.2 Å². The van der Waals surface area contributed by atoms with Crippen molar-refractivity contribution in [2.45, 2.75) is 51.9 Å². The number of amides is 2. The van der Waals surface area contributed by atoms with E-state index < -0.39 is 0 Å². The zero-order valence-corrected chi connectivity index (χ0v) is 15.1. The van der Waals surface area contributed by atoms with Gasteiger partial charge in [-0.2, -0.15) is 0 Å². The third-order valence-corrected chi connectivity index (χ3v) is 4.96. The molecule has 1 fully saturated rings. The number of pyridine rings is 1. The van der Waals surface area contributed by atoms with Gasteiger partial charge in [-0.1, -0.05) is 39.0 Å². The second-order valence-corrected chi connectivity index (χ2v) is 7.04. The maximum absolute atomic E-state index is 12.7. The summed E-state index contributed by atoms with van der Waals surface area (Å²) in [5.41, 5.74) is 6.22. The van der Waals surface area contributed by atoms with Gasteiger partial charge in [0, 0.05) is 25.4 Å². The Morgan fingerprint density at radius 1 is 1.36 bits per heavy atom. The molecule has 0 aliphatic heterocycles. The lowest BCUT2D eigenvalue weighted by Crippen LogP contribution is -2.41. The molecular formula is C19H30N4O2. The number of aromatic nitrogens is 1. The van der Waals surface area contributed by atoms with Crippen molar-refractivity contribution in [1.29, 1.82) is 0 Å². The SMILES string of the molecule is C[C@@H](CN(CNc1cccnc1)C(=O)CCC1CCCCC1)C(N)=O. The van der Waals surface area contributed by atoms with Crippen molar-refractivity contribution >= 4 is 17.5 Å². The van der Waals surface area contributed by atoms with Gasteiger partial charge in [0.2, 0.25) is 11.8 Å². The molecule has 0 radical (unpaired) electrons. The molecule has 0 bridgehead atoms. The molecule has 138 valence electrons. The first kappa shape index (κ1) is 19.2. The minimum atomic E-state index is -0.383. The van der Waals surface area contributed by atoms with Crippen LogP contribution < -0.4 is 11.1 Å². The topological polar surface area (TPSA) is 88.3 Å². The van der Waals surface area contributed by atoms with Crippen LogP contribution in [0.15, 0.2) is 24.5 Å². The molecule has 0 aromatic carbocycles. The zero-order valence-electron chi connectivity index (χ0n) is 15.1. The Morgan fingerprint density at radius 2 is 2.12 bits per heavy atom. The molecule has 1 aromatic heterocycles. The first-order valence-electron chi connectivity index (χ1n) is 9.27. The highest BCUT2D eigenvalue weighted by atomic mass is 16.2. The maximum Gasteiger partial charge on any atom is 0.224 e. The van der Waals surface area contributed by atoms with Gasteiger partial charge in [0.25, 0.3) is 0 Å². The van der Waals surface area contributed by atoms with Gasteiger partial charge >= 0.3 is 0 Å². The molecule has 1 aliphatic rings. The van der Waals surface area contributed by atoms with Crippen LogP contribution in [0.4, 0.5) is 5.69 Å². The van der Waals surface area contributed by atoms with Gasteiger partial charge in [-0.15, -0.1) is 0 Å². The third-order valence-electron chi connectivity index (χ3n) is 4.96. The van der Waals surface area contributed by atoms with E-state index in [1.807, 2.05) is 12.1 Å². The second-order valence-electron chi connectivity index (χ2n) is 7.04. The van der Waals surface area contributed by atoms with Crippen molar-refractivity contribution in [2.24, 2.45) is 17.6 Å². The van der Waals surface area contributed by atoms with E-state index in [4.69, 9.17) is 5.73 Å². The Balaban J connectivity index is 1.89. The quantitative estimate of drug-likeness (QED) is 0.673. The molecule has 0 saturated heterocycles. The molecule has 1 aromatic rings. The Hall–Kier alpha value is -2.11. The number of hydrogen-bond donors (Lipinski definition) is 2. The molecule has 1 saturated carbocycles. The van der Waals surface area contributed by atoms with Gasteiger partial charge in [-0.3, -0.25) is 14.6 Å². The third kappa shape index (κ3) is 6.72. The first-order valence-corrected chi connectivity index (χ1v) is 9.27. The lowest BCUT2D eigenvalue weighted by Gasteiger charge is -2.27. The number of carbonyl (C=O) groups excluding carboxylic acids is 2. The number of nitrogens with two attached hydrogens (primary N) is 1. The fraction of sp³-hybridized carbons (Fsp3) is 0.632. The Bertz CT molecular complexity index is 544. The normalized spacial score (nSPS) is 16.2. The summed E-state index contributed by atoms with van der Waals surface area (Å²) >= 11 is 0. The smallest absolute Gasteiger partial charge is 0.224 e. The monoisotopic (exact) mass is 346 g/mol. The molecule has 0 unspecified atom stereocenters. The lowest BCUT2D eigenvalue weighted by atomic mass is 9.86. The minimum Gasteiger partial charge on any atom is -0.369 e. The molecular weight excluding hydrogens is 316 g/mol. The van der Waals surface area contributed by atoms with Crippen LogP contribution in [0, 0.1) is 11.8 Å². The summed E-state index contributed by atoms with van der Waals surface area (Å²) in [6.45, 7) is 2.45. The molecule has 2 amide bonds. The fourth-order valence-corrected chi connectivity index (χ4v) is 3.29. The van der Waals surface area contributed by atoms with Crippen LogP contribution in [0.1, 0.15) is 51.9 Å². The van der Waals surface area contributed by atoms with E-state index in [9.17, 15) is 9.59 Å². The van der Waals surface area contributed by atoms with Crippen molar-refractivity contribution in [3.63, 3.8) is 0 Å². The van der Waals surface area contributed by atoms with Gasteiger partial charge in [-0.05, 0) is 24.5 Å². The summed E-state index contributed by atoms with van der Waals surface area (Å²) in [6.07, 6.45) is 11.2. The molecule has 3 N–H and O–H groups in total. The molecule has 1 atom stereocenters. The number of primary amides is 1. The van der Waals surface area contributed by atoms with Crippen LogP contribution in [0.5, 0.6) is 0 Å². The first-order chi connectivity index (χ1) is 12.1. The van der Waals surface area contributed by atoms with E-state index in [0.717, 1.165) is 12.1 Å². The summed E-state index contributed by atoms with van der Waals surface area (Å²) in [7, 11) is 0. The molecule has 1 heterocycles. The number of anilines is 1. The summed E-state index contributed by atoms with van der Waals surface area (Å²) in [6, 6.07) is 3.73. The molecule has 2 rings (SSSR count). The number of nitrogens with one attached hydrogen (secondary N) is 1. The minimum absolute atomic E-state index is 0.0788. The van der Waals surface area contributed by atoms with Crippen LogP contribution in [-0.2, 0) is 9.59 Å². The highest BCUT2D eigenvalue weighted by molar-refractivity contribution is 5.79. The Morgan fingerprint density at radius 3 is 2.76 bits per heavy atom. The van der Waals surface area contributed by atoms with Crippen LogP contribution in [0.2, 0.25) is 0 Å². The molecule has 25 heavy (non-hydrogen) atoms. The largest absolute Gasteiger partial charge is 0.369 e. The van der Waals surface area contributed by atoms with Crippen LogP contribution >= 0.6 is 0 Å². The number of hydrogen-bond acceptors (Lipinski definition) is 4. The van der Waals surface area contributed by atoms with Crippen LogP contribution in [-0.4, -0.2) is 34.9 Å². The molecule has 6 heteroatoms. The summed E-state index contributed by atoms with van der Waals surface area (Å²) in [5, 5.41) is 3.20. The van der Waals surface area contributed by atoms with E-state index in [-0.39, 0.29) is 17.7 Å². The van der Waals surface area contributed by atoms with Gasteiger partial charge in [0.05, 0.1) is 18.3 Å². The van der Waals surface area contributed by atoms with E-state index in [0.29, 0.717) is 25.6 Å². The highest BCUT2D eigenvalue weighted by Gasteiger charge is 2.21. The van der Waals surface area contributed by atoms with Gasteiger partial charge in [0.15, 0.2) is 0 Å². The van der Waals surface area contributed by atoms with Gasteiger partial charge in [-0.25, -0.2) is 0 Å². The average Bonchev–Trinajstić information content (AvgIpc) is 2.64. The number of rotatable bonds is 9. The fourth-order valence-electron chi connectivity index (χ4n) is 3.29. The molecule has 1 aliphatic carbocycles. The maximum atomic E-state index is 12.7. The van der Waals surface area contributed by atoms with E-state index in [2.05, 4.69) is 10.3 Å². The van der Waals surface area contributed by atoms with Crippen molar-refractivity contribution < 1.29 is 9.59 Å². The summed E-state index contributed by atoms with van der Waals surface area (Å²) < 4.78 is 0. The summed E-state index contributed by atoms with van der Waals surface area (Å²) in [4.78, 5) is 29.8. The Labute approximate surface area is 150 Å². The predicted octanol–water partition coefficient (Wildman–Crippen LogP) is 2.76. The van der Waals surface area contributed by atoms with Gasteiger partial charge < -0.3 is 16.0 Å². The predicted molar refractivity (Wildman–Crippen MR) is 98.6 cm³/mol.